The van der Waals surface area contributed by atoms with Gasteiger partial charge >= 0.3 is 5.97 Å². The van der Waals surface area contributed by atoms with Crippen molar-refractivity contribution in [2.24, 2.45) is 0 Å². The van der Waals surface area contributed by atoms with Gasteiger partial charge in [-0.2, -0.15) is 12.6 Å². The molecule has 0 bridgehead atoms. The lowest BCUT2D eigenvalue weighted by Crippen LogP contribution is -2.18. The van der Waals surface area contributed by atoms with Crippen LogP contribution in [-0.2, 0) is 27.0 Å². The van der Waals surface area contributed by atoms with Crippen LogP contribution < -0.4 is 0 Å². The van der Waals surface area contributed by atoms with Crippen molar-refractivity contribution in [2.45, 2.75) is 59.0 Å². The molecule has 4 heteroatoms. The molecule has 0 atom stereocenters. The molecule has 1 aromatic carbocycles. The number of ether oxygens (including phenoxy) is 1. The maximum absolute atomic E-state index is 11.3. The molecule has 0 heterocycles. The van der Waals surface area contributed by atoms with E-state index in [1.165, 1.54) is 0 Å². The van der Waals surface area contributed by atoms with Gasteiger partial charge in [0.05, 0.1) is 5.75 Å². The monoisotopic (exact) mass is 310 g/mol. The fourth-order valence-corrected chi connectivity index (χ4v) is 2.22. The minimum atomic E-state index is -0.346. The van der Waals surface area contributed by atoms with Crippen LogP contribution in [0.25, 0.3) is 0 Å². The highest BCUT2D eigenvalue weighted by Crippen LogP contribution is 2.39. The molecule has 0 saturated heterocycles. The molecular formula is C17H26O3S. The molecule has 0 aliphatic rings. The van der Waals surface area contributed by atoms with Gasteiger partial charge in [-0.25, -0.2) is 0 Å². The second-order valence-corrected chi connectivity index (χ2v) is 7.67. The number of carbonyl (C=O) groups excluding carboxylic acids is 1. The molecule has 0 unspecified atom stereocenters. The summed E-state index contributed by atoms with van der Waals surface area (Å²) in [6, 6.07) is 3.83. The molecule has 1 aromatic rings. The average Bonchev–Trinajstić information content (AvgIpc) is 2.34. The predicted octanol–water partition coefficient (Wildman–Crippen LogP) is 3.96. The first-order chi connectivity index (χ1) is 9.46. The van der Waals surface area contributed by atoms with Crippen LogP contribution in [0.3, 0.4) is 0 Å². The van der Waals surface area contributed by atoms with Crippen LogP contribution in [0, 0.1) is 0 Å². The molecule has 0 aliphatic carbocycles. The van der Waals surface area contributed by atoms with Crippen LogP contribution in [-0.4, -0.2) is 16.8 Å². The topological polar surface area (TPSA) is 46.5 Å². The van der Waals surface area contributed by atoms with Gasteiger partial charge in [-0.3, -0.25) is 4.79 Å². The van der Waals surface area contributed by atoms with E-state index in [0.29, 0.717) is 5.75 Å². The van der Waals surface area contributed by atoms with Crippen LogP contribution in [0.2, 0.25) is 0 Å². The van der Waals surface area contributed by atoms with E-state index >= 15 is 0 Å². The number of phenolic OH excluding ortho intramolecular Hbond substituents is 1. The van der Waals surface area contributed by atoms with Crippen LogP contribution in [0.5, 0.6) is 5.75 Å². The first kappa shape index (κ1) is 17.9. The summed E-state index contributed by atoms with van der Waals surface area (Å²) in [5, 5.41) is 10.6. The van der Waals surface area contributed by atoms with E-state index in [1.807, 2.05) is 12.1 Å². The zero-order valence-electron chi connectivity index (χ0n) is 13.8. The fraction of sp³-hybridized carbons (Fsp3) is 0.588. The van der Waals surface area contributed by atoms with Gasteiger partial charge in [0.15, 0.2) is 0 Å². The summed E-state index contributed by atoms with van der Waals surface area (Å²) in [5.74, 6) is 0.0522. The Morgan fingerprint density at radius 2 is 1.52 bits per heavy atom. The summed E-state index contributed by atoms with van der Waals surface area (Å²) in [6.07, 6.45) is 0. The van der Waals surface area contributed by atoms with E-state index < -0.39 is 0 Å². The highest BCUT2D eigenvalue weighted by atomic mass is 32.1. The van der Waals surface area contributed by atoms with Crippen molar-refractivity contribution in [3.05, 3.63) is 28.8 Å². The van der Waals surface area contributed by atoms with E-state index in [2.05, 4.69) is 54.2 Å². The Kier molecular flexibility index (Phi) is 5.37. The largest absolute Gasteiger partial charge is 0.507 e. The Morgan fingerprint density at radius 3 is 1.86 bits per heavy atom. The Hall–Kier alpha value is -1.16. The van der Waals surface area contributed by atoms with Crippen LogP contribution in [0.1, 0.15) is 58.2 Å². The third-order valence-corrected chi connectivity index (χ3v) is 3.57. The Labute approximate surface area is 133 Å². The highest BCUT2D eigenvalue weighted by molar-refractivity contribution is 7.81. The lowest BCUT2D eigenvalue weighted by atomic mass is 9.78. The Morgan fingerprint density at radius 1 is 1.10 bits per heavy atom. The molecule has 0 radical (unpaired) electrons. The van der Waals surface area contributed by atoms with Crippen molar-refractivity contribution in [1.82, 2.24) is 0 Å². The molecule has 21 heavy (non-hydrogen) atoms. The molecule has 1 rings (SSSR count). The summed E-state index contributed by atoms with van der Waals surface area (Å²) >= 11 is 3.90. The molecule has 0 amide bonds. The van der Waals surface area contributed by atoms with Crippen LogP contribution in [0.15, 0.2) is 12.1 Å². The highest BCUT2D eigenvalue weighted by Gasteiger charge is 2.26. The molecule has 0 aromatic heterocycles. The number of rotatable bonds is 3. The summed E-state index contributed by atoms with van der Waals surface area (Å²) in [5.41, 5.74) is 2.25. The van der Waals surface area contributed by atoms with E-state index in [-0.39, 0.29) is 29.2 Å². The predicted molar refractivity (Wildman–Crippen MR) is 89.2 cm³/mol. The average molecular weight is 310 g/mol. The number of phenols is 1. The van der Waals surface area contributed by atoms with Gasteiger partial charge in [-0.15, -0.1) is 0 Å². The minimum absolute atomic E-state index is 0.0658. The van der Waals surface area contributed by atoms with Crippen LogP contribution in [0.4, 0.5) is 0 Å². The van der Waals surface area contributed by atoms with Crippen molar-refractivity contribution in [1.29, 1.82) is 0 Å². The first-order valence-corrected chi connectivity index (χ1v) is 7.73. The normalized spacial score (nSPS) is 12.3. The number of benzene rings is 1. The van der Waals surface area contributed by atoms with Gasteiger partial charge < -0.3 is 9.84 Å². The van der Waals surface area contributed by atoms with Crippen molar-refractivity contribution in [3.63, 3.8) is 0 Å². The third-order valence-electron chi connectivity index (χ3n) is 3.31. The van der Waals surface area contributed by atoms with Crippen molar-refractivity contribution >= 4 is 18.6 Å². The van der Waals surface area contributed by atoms with Gasteiger partial charge in [-0.1, -0.05) is 41.5 Å². The molecule has 1 N–H and O–H groups in total. The van der Waals surface area contributed by atoms with Gasteiger partial charge in [0.1, 0.15) is 12.4 Å². The Balaban J connectivity index is 3.31. The Bertz CT molecular complexity index is 487. The smallest absolute Gasteiger partial charge is 0.315 e. The molecule has 3 nitrogen and oxygen atoms in total. The maximum atomic E-state index is 11.3. The van der Waals surface area contributed by atoms with E-state index in [9.17, 15) is 9.90 Å². The van der Waals surface area contributed by atoms with Crippen molar-refractivity contribution in [2.75, 3.05) is 5.75 Å². The second-order valence-electron chi connectivity index (χ2n) is 7.36. The van der Waals surface area contributed by atoms with Gasteiger partial charge in [-0.05, 0) is 39.7 Å². The number of hydrogen-bond donors (Lipinski definition) is 2. The third kappa shape index (κ3) is 4.67. The molecule has 0 spiro atoms. The van der Waals surface area contributed by atoms with Crippen LogP contribution >= 0.6 is 12.6 Å². The van der Waals surface area contributed by atoms with E-state index in [1.54, 1.807) is 0 Å². The summed E-state index contributed by atoms with van der Waals surface area (Å²) in [4.78, 5) is 11.3. The number of esters is 1. The zero-order chi connectivity index (χ0) is 16.4. The quantitative estimate of drug-likeness (QED) is 0.656. The lowest BCUT2D eigenvalue weighted by Gasteiger charge is -2.28. The fourth-order valence-electron chi connectivity index (χ4n) is 2.13. The molecule has 0 saturated carbocycles. The molecule has 118 valence electrons. The maximum Gasteiger partial charge on any atom is 0.315 e. The summed E-state index contributed by atoms with van der Waals surface area (Å²) < 4.78 is 5.16. The van der Waals surface area contributed by atoms with Gasteiger partial charge in [0.2, 0.25) is 0 Å². The van der Waals surface area contributed by atoms with E-state index in [4.69, 9.17) is 4.74 Å². The number of carbonyl (C=O) groups is 1. The minimum Gasteiger partial charge on any atom is -0.507 e. The first-order valence-electron chi connectivity index (χ1n) is 7.10. The molecule has 0 aliphatic heterocycles. The van der Waals surface area contributed by atoms with Gasteiger partial charge in [0.25, 0.3) is 0 Å². The van der Waals surface area contributed by atoms with E-state index in [0.717, 1.165) is 16.7 Å². The summed E-state index contributed by atoms with van der Waals surface area (Å²) in [7, 11) is 0. The number of thiol groups is 1. The zero-order valence-corrected chi connectivity index (χ0v) is 14.7. The lowest BCUT2D eigenvalue weighted by molar-refractivity contribution is -0.141. The number of aromatic hydroxyl groups is 1. The summed E-state index contributed by atoms with van der Waals surface area (Å²) in [6.45, 7) is 12.5. The van der Waals surface area contributed by atoms with Gasteiger partial charge in [0, 0.05) is 0 Å². The molecule has 0 fully saturated rings. The van der Waals surface area contributed by atoms with Crippen molar-refractivity contribution in [3.8, 4) is 5.75 Å². The number of hydrogen-bond acceptors (Lipinski definition) is 4. The van der Waals surface area contributed by atoms with Crippen molar-refractivity contribution < 1.29 is 14.6 Å². The SMILES string of the molecule is CC(C)(C)c1cc(COC(=O)CS)cc(C(C)(C)C)c1O. The second kappa shape index (κ2) is 6.30. The standard InChI is InChI=1S/C17H26O3S/c1-16(2,3)12-7-11(9-20-14(18)10-21)8-13(15(12)19)17(4,5)6/h7-8,19,21H,9-10H2,1-6H3. The molecular weight excluding hydrogens is 284 g/mol.